The zero-order valence-corrected chi connectivity index (χ0v) is 11.2. The average molecular weight is 207 g/mol. The second kappa shape index (κ2) is 7.69. The molecule has 1 rings (SSSR count). The van der Waals surface area contributed by atoms with Gasteiger partial charge in [0.2, 0.25) is 0 Å². The number of carbonyl (C=O) groups is 1. The Morgan fingerprint density at radius 2 is 2.00 bits per heavy atom. The third-order valence-electron chi connectivity index (χ3n) is 2.73. The molecule has 3 nitrogen and oxygen atoms in total. The molecule has 1 saturated carbocycles. The molecule has 0 radical (unpaired) electrons. The zero-order valence-electron chi connectivity index (χ0n) is 9.21. The van der Waals surface area contributed by atoms with Crippen LogP contribution >= 0.6 is 0 Å². The molecule has 4 heteroatoms. The van der Waals surface area contributed by atoms with E-state index in [4.69, 9.17) is 0 Å². The van der Waals surface area contributed by atoms with E-state index in [2.05, 4.69) is 5.32 Å². The molecular formula is C10H18NNaO2. The third kappa shape index (κ3) is 4.78. The topological polar surface area (TPSA) is 52.2 Å². The fraction of sp³-hybridized carbons (Fsp3) is 0.900. The first-order valence-electron chi connectivity index (χ1n) is 5.21. The Hall–Kier alpha value is 0.430. The fourth-order valence-electron chi connectivity index (χ4n) is 1.91. The van der Waals surface area contributed by atoms with Crippen molar-refractivity contribution in [2.24, 2.45) is 0 Å². The van der Waals surface area contributed by atoms with Gasteiger partial charge in [0.05, 0.1) is 5.97 Å². The molecule has 1 aliphatic rings. The van der Waals surface area contributed by atoms with E-state index in [0.29, 0.717) is 12.5 Å². The van der Waals surface area contributed by atoms with Crippen molar-refractivity contribution in [1.29, 1.82) is 0 Å². The molecule has 0 aromatic heterocycles. The first kappa shape index (κ1) is 14.4. The predicted octanol–water partition coefficient (Wildman–Crippen LogP) is -2.56. The molecule has 1 N–H and O–H groups in total. The molecular weight excluding hydrogens is 189 g/mol. The summed E-state index contributed by atoms with van der Waals surface area (Å²) in [6, 6.07) is -0.0558. The quantitative estimate of drug-likeness (QED) is 0.516. The van der Waals surface area contributed by atoms with Crippen LogP contribution in [0, 0.1) is 0 Å². The Bertz CT molecular complexity index is 170. The standard InChI is InChI=1S/C10H19NO2.Na/c1-2-9(10(12)13)11-8-6-4-3-5-7-8;/h8-9,11H,2-7H2,1H3,(H,12,13);/q;+1/p-1. The number of hydrogen-bond acceptors (Lipinski definition) is 3. The van der Waals surface area contributed by atoms with Crippen molar-refractivity contribution in [2.75, 3.05) is 0 Å². The summed E-state index contributed by atoms with van der Waals surface area (Å²) in [7, 11) is 0. The van der Waals surface area contributed by atoms with Crippen LogP contribution in [0.25, 0.3) is 0 Å². The molecule has 76 valence electrons. The Morgan fingerprint density at radius 3 is 2.43 bits per heavy atom. The van der Waals surface area contributed by atoms with E-state index in [9.17, 15) is 9.90 Å². The van der Waals surface area contributed by atoms with Crippen molar-refractivity contribution >= 4 is 5.97 Å². The molecule has 1 unspecified atom stereocenters. The van der Waals surface area contributed by atoms with Gasteiger partial charge in [-0.1, -0.05) is 26.2 Å². The Kier molecular flexibility index (Phi) is 7.92. The normalized spacial score (nSPS) is 19.8. The summed E-state index contributed by atoms with van der Waals surface area (Å²) in [4.78, 5) is 10.6. The van der Waals surface area contributed by atoms with Crippen molar-refractivity contribution in [3.63, 3.8) is 0 Å². The second-order valence-corrected chi connectivity index (χ2v) is 3.78. The van der Waals surface area contributed by atoms with Crippen LogP contribution in [0.1, 0.15) is 45.4 Å². The molecule has 0 bridgehead atoms. The largest absolute Gasteiger partial charge is 1.00 e. The first-order chi connectivity index (χ1) is 6.24. The molecule has 0 amide bonds. The Morgan fingerprint density at radius 1 is 1.43 bits per heavy atom. The van der Waals surface area contributed by atoms with Crippen LogP contribution in [0.4, 0.5) is 0 Å². The van der Waals surface area contributed by atoms with E-state index in [1.807, 2.05) is 6.92 Å². The van der Waals surface area contributed by atoms with E-state index in [1.165, 1.54) is 19.3 Å². The molecule has 0 aromatic rings. The van der Waals surface area contributed by atoms with Gasteiger partial charge in [-0.25, -0.2) is 0 Å². The smallest absolute Gasteiger partial charge is 0.548 e. The minimum Gasteiger partial charge on any atom is -0.548 e. The second-order valence-electron chi connectivity index (χ2n) is 3.78. The summed E-state index contributed by atoms with van der Waals surface area (Å²) < 4.78 is 0. The summed E-state index contributed by atoms with van der Waals surface area (Å²) in [5, 5.41) is 13.8. The van der Waals surface area contributed by atoms with Gasteiger partial charge in [-0.05, 0) is 19.3 Å². The van der Waals surface area contributed by atoms with Gasteiger partial charge in [-0.15, -0.1) is 0 Å². The molecule has 1 atom stereocenters. The molecule has 0 heterocycles. The van der Waals surface area contributed by atoms with Crippen LogP contribution in [0.3, 0.4) is 0 Å². The van der Waals surface area contributed by atoms with Gasteiger partial charge in [0, 0.05) is 12.1 Å². The van der Waals surface area contributed by atoms with Crippen molar-refractivity contribution in [3.8, 4) is 0 Å². The van der Waals surface area contributed by atoms with Crippen molar-refractivity contribution < 1.29 is 39.5 Å². The Balaban J connectivity index is 0.00000169. The first-order valence-corrected chi connectivity index (χ1v) is 5.21. The van der Waals surface area contributed by atoms with Crippen LogP contribution in [-0.4, -0.2) is 18.1 Å². The van der Waals surface area contributed by atoms with Gasteiger partial charge in [0.15, 0.2) is 0 Å². The van der Waals surface area contributed by atoms with E-state index < -0.39 is 12.0 Å². The van der Waals surface area contributed by atoms with Gasteiger partial charge < -0.3 is 15.2 Å². The van der Waals surface area contributed by atoms with Crippen molar-refractivity contribution in [3.05, 3.63) is 0 Å². The summed E-state index contributed by atoms with van der Waals surface area (Å²) in [5.74, 6) is -0.965. The Labute approximate surface area is 108 Å². The summed E-state index contributed by atoms with van der Waals surface area (Å²) in [5.41, 5.74) is 0. The third-order valence-corrected chi connectivity index (χ3v) is 2.73. The van der Waals surface area contributed by atoms with Crippen LogP contribution in [0.15, 0.2) is 0 Å². The molecule has 0 spiro atoms. The van der Waals surface area contributed by atoms with Gasteiger partial charge in [0.25, 0.3) is 0 Å². The van der Waals surface area contributed by atoms with Gasteiger partial charge >= 0.3 is 29.6 Å². The van der Waals surface area contributed by atoms with Gasteiger partial charge in [-0.2, -0.15) is 0 Å². The van der Waals surface area contributed by atoms with Crippen LogP contribution in [-0.2, 0) is 4.79 Å². The van der Waals surface area contributed by atoms with Crippen molar-refractivity contribution in [1.82, 2.24) is 5.32 Å². The molecule has 14 heavy (non-hydrogen) atoms. The maximum Gasteiger partial charge on any atom is 1.00 e. The zero-order chi connectivity index (χ0) is 9.68. The van der Waals surface area contributed by atoms with Crippen LogP contribution in [0.5, 0.6) is 0 Å². The minimum absolute atomic E-state index is 0. The molecule has 0 saturated heterocycles. The summed E-state index contributed by atoms with van der Waals surface area (Å²) in [6.45, 7) is 1.87. The maximum atomic E-state index is 10.6. The summed E-state index contributed by atoms with van der Waals surface area (Å²) in [6.07, 6.45) is 6.58. The summed E-state index contributed by atoms with van der Waals surface area (Å²) >= 11 is 0. The maximum absolute atomic E-state index is 10.6. The number of aliphatic carboxylic acids is 1. The number of hydrogen-bond donors (Lipinski definition) is 1. The SMILES string of the molecule is CCC(NC1CCCCC1)C(=O)[O-].[Na+]. The van der Waals surface area contributed by atoms with Gasteiger partial charge in [0.1, 0.15) is 0 Å². The number of rotatable bonds is 4. The van der Waals surface area contributed by atoms with Crippen LogP contribution < -0.4 is 40.0 Å². The molecule has 1 fully saturated rings. The number of carboxylic acids is 1. The van der Waals surface area contributed by atoms with E-state index >= 15 is 0 Å². The van der Waals surface area contributed by atoms with E-state index in [1.54, 1.807) is 0 Å². The van der Waals surface area contributed by atoms with Crippen LogP contribution in [0.2, 0.25) is 0 Å². The minimum atomic E-state index is -0.965. The molecule has 0 aliphatic heterocycles. The molecule has 1 aliphatic carbocycles. The fourth-order valence-corrected chi connectivity index (χ4v) is 1.91. The van der Waals surface area contributed by atoms with Gasteiger partial charge in [-0.3, -0.25) is 0 Å². The van der Waals surface area contributed by atoms with Crippen molar-refractivity contribution in [2.45, 2.75) is 57.5 Å². The van der Waals surface area contributed by atoms with E-state index in [0.717, 1.165) is 12.8 Å². The van der Waals surface area contributed by atoms with E-state index in [-0.39, 0.29) is 29.6 Å². The number of carbonyl (C=O) groups excluding carboxylic acids is 1. The molecule has 0 aromatic carbocycles. The number of carboxylic acid groups (broad SMARTS) is 1. The predicted molar refractivity (Wildman–Crippen MR) is 49.1 cm³/mol. The monoisotopic (exact) mass is 207 g/mol. The number of nitrogens with one attached hydrogen (secondary N) is 1. The average Bonchev–Trinajstić information content (AvgIpc) is 2.15.